The molecule has 0 aliphatic rings. The monoisotopic (exact) mass is 650 g/mol. The van der Waals surface area contributed by atoms with Crippen LogP contribution in [-0.2, 0) is 0 Å². The highest BCUT2D eigenvalue weighted by atomic mass is 15.0. The van der Waals surface area contributed by atoms with Gasteiger partial charge in [0.05, 0.1) is 33.1 Å². The van der Waals surface area contributed by atoms with Gasteiger partial charge in [0.1, 0.15) is 0 Å². The summed E-state index contributed by atoms with van der Waals surface area (Å²) in [5, 5.41) is 7.29. The molecule has 11 aromatic rings. The van der Waals surface area contributed by atoms with Gasteiger partial charge in [-0.15, -0.1) is 0 Å². The minimum atomic E-state index is 1.13. The molecule has 0 spiro atoms. The molecule has 0 amide bonds. The molecule has 4 heterocycles. The maximum absolute atomic E-state index is 4.57. The molecule has 7 aromatic carbocycles. The molecular weight excluding hydrogens is 621 g/mol. The minimum absolute atomic E-state index is 1.13. The van der Waals surface area contributed by atoms with Crippen LogP contribution in [0.2, 0.25) is 0 Å². The van der Waals surface area contributed by atoms with Crippen molar-refractivity contribution < 1.29 is 0 Å². The summed E-state index contributed by atoms with van der Waals surface area (Å²) in [5.74, 6) is 0. The predicted octanol–water partition coefficient (Wildman–Crippen LogP) is 12.0. The number of rotatable bonds is 4. The Morgan fingerprint density at radius 3 is 1.71 bits per heavy atom. The zero-order chi connectivity index (χ0) is 33.5. The Kier molecular flexibility index (Phi) is 5.92. The Labute approximate surface area is 293 Å². The number of aromatic nitrogens is 4. The third-order valence-corrected chi connectivity index (χ3v) is 10.5. The maximum atomic E-state index is 4.57. The normalized spacial score (nSPS) is 11.9. The topological polar surface area (TPSA) is 27.7 Å². The summed E-state index contributed by atoms with van der Waals surface area (Å²) in [6.07, 6.45) is 3.89. The van der Waals surface area contributed by atoms with Gasteiger partial charge in [0, 0.05) is 61.8 Å². The summed E-state index contributed by atoms with van der Waals surface area (Å²) in [5.41, 5.74) is 12.9. The van der Waals surface area contributed by atoms with Crippen LogP contribution in [0, 0.1) is 0 Å². The third kappa shape index (κ3) is 4.05. The van der Waals surface area contributed by atoms with Crippen LogP contribution in [0.3, 0.4) is 0 Å². The smallest absolute Gasteiger partial charge is 0.0641 e. The number of fused-ring (bicyclic) bond motifs is 10. The zero-order valence-electron chi connectivity index (χ0n) is 27.6. The summed E-state index contributed by atoms with van der Waals surface area (Å²) in [6.45, 7) is 0. The van der Waals surface area contributed by atoms with Gasteiger partial charge in [0.2, 0.25) is 0 Å². The van der Waals surface area contributed by atoms with Crippen LogP contribution in [0.4, 0.5) is 0 Å². The Morgan fingerprint density at radius 1 is 0.333 bits per heavy atom. The molecule has 0 saturated heterocycles. The molecule has 4 nitrogen and oxygen atoms in total. The lowest BCUT2D eigenvalue weighted by Crippen LogP contribution is -1.96. The second-order valence-electron chi connectivity index (χ2n) is 13.2. The summed E-state index contributed by atoms with van der Waals surface area (Å²) >= 11 is 0. The Hall–Kier alpha value is -6.91. The number of hydrogen-bond donors (Lipinski definition) is 0. The van der Waals surface area contributed by atoms with Crippen molar-refractivity contribution in [3.8, 4) is 28.2 Å². The van der Waals surface area contributed by atoms with Crippen LogP contribution in [0.15, 0.2) is 182 Å². The molecule has 0 fully saturated rings. The molecule has 0 atom stereocenters. The molecule has 238 valence electrons. The minimum Gasteiger partial charge on any atom is -0.309 e. The summed E-state index contributed by atoms with van der Waals surface area (Å²) in [6, 6.07) is 61.4. The zero-order valence-corrected chi connectivity index (χ0v) is 27.6. The standard InChI is InChI=1S/C47H30N4/c1-3-11-31(12-4-1)32-19-21-34(22-20-32)50-42-18-10-8-16-38(42)46-45(50)26-24-37-36-15-7-9-17-41(36)51(47(37)46)35-23-25-43-39(29-35)40-30-48-28-27-44(40)49(43)33-13-5-2-6-14-33/h1-30H. The highest BCUT2D eigenvalue weighted by Gasteiger charge is 2.22. The van der Waals surface area contributed by atoms with Crippen molar-refractivity contribution >= 4 is 65.4 Å². The lowest BCUT2D eigenvalue weighted by atomic mass is 10.1. The molecule has 0 aliphatic carbocycles. The van der Waals surface area contributed by atoms with Crippen molar-refractivity contribution in [2.24, 2.45) is 0 Å². The predicted molar refractivity (Wildman–Crippen MR) is 213 cm³/mol. The first-order valence-electron chi connectivity index (χ1n) is 17.4. The fourth-order valence-corrected chi connectivity index (χ4v) is 8.34. The fourth-order valence-electron chi connectivity index (χ4n) is 8.34. The molecule has 0 N–H and O–H groups in total. The van der Waals surface area contributed by atoms with Crippen molar-refractivity contribution in [2.75, 3.05) is 0 Å². The molecule has 4 aromatic heterocycles. The van der Waals surface area contributed by atoms with Gasteiger partial charge in [0.25, 0.3) is 0 Å². The Balaban J connectivity index is 1.21. The van der Waals surface area contributed by atoms with Crippen LogP contribution in [0.1, 0.15) is 0 Å². The van der Waals surface area contributed by atoms with Crippen LogP contribution >= 0.6 is 0 Å². The Morgan fingerprint density at radius 2 is 0.902 bits per heavy atom. The molecule has 0 aliphatic heterocycles. The summed E-state index contributed by atoms with van der Waals surface area (Å²) in [7, 11) is 0. The van der Waals surface area contributed by atoms with Crippen LogP contribution in [-0.4, -0.2) is 18.7 Å². The van der Waals surface area contributed by atoms with E-state index in [-0.39, 0.29) is 0 Å². The number of benzene rings is 7. The molecule has 0 bridgehead atoms. The molecule has 4 heteroatoms. The SMILES string of the molecule is c1ccc(-c2ccc(-n3c4ccccc4c4c3ccc3c5ccccc5n(-c5ccc6c(c5)c5cnccc5n6-c5ccccc5)c34)cc2)cc1. The van der Waals surface area contributed by atoms with Crippen LogP contribution in [0.25, 0.3) is 93.6 Å². The van der Waals surface area contributed by atoms with E-state index in [9.17, 15) is 0 Å². The van der Waals surface area contributed by atoms with Gasteiger partial charge in [-0.1, -0.05) is 103 Å². The van der Waals surface area contributed by atoms with Crippen LogP contribution < -0.4 is 0 Å². The lowest BCUT2D eigenvalue weighted by molar-refractivity contribution is 1.16. The second-order valence-corrected chi connectivity index (χ2v) is 13.2. The number of nitrogens with zero attached hydrogens (tertiary/aromatic N) is 4. The van der Waals surface area contributed by atoms with Gasteiger partial charge in [0.15, 0.2) is 0 Å². The molecular formula is C47H30N4. The maximum Gasteiger partial charge on any atom is 0.0641 e. The van der Waals surface area contributed by atoms with Crippen molar-refractivity contribution in [1.29, 1.82) is 0 Å². The first kappa shape index (κ1) is 28.0. The number of hydrogen-bond acceptors (Lipinski definition) is 1. The van der Waals surface area contributed by atoms with Crippen molar-refractivity contribution in [3.63, 3.8) is 0 Å². The molecule has 0 unspecified atom stereocenters. The van der Waals surface area contributed by atoms with E-state index < -0.39 is 0 Å². The molecule has 51 heavy (non-hydrogen) atoms. The Bertz CT molecular complexity index is 3110. The van der Waals surface area contributed by atoms with Gasteiger partial charge in [-0.25, -0.2) is 0 Å². The van der Waals surface area contributed by atoms with Crippen LogP contribution in [0.5, 0.6) is 0 Å². The van der Waals surface area contributed by atoms with E-state index in [1.807, 2.05) is 12.4 Å². The molecule has 0 saturated carbocycles. The summed E-state index contributed by atoms with van der Waals surface area (Å²) in [4.78, 5) is 4.57. The van der Waals surface area contributed by atoms with E-state index in [1.165, 1.54) is 60.1 Å². The van der Waals surface area contributed by atoms with E-state index in [2.05, 4.69) is 189 Å². The largest absolute Gasteiger partial charge is 0.309 e. The third-order valence-electron chi connectivity index (χ3n) is 10.5. The lowest BCUT2D eigenvalue weighted by Gasteiger charge is -2.12. The summed E-state index contributed by atoms with van der Waals surface area (Å²) < 4.78 is 7.24. The van der Waals surface area contributed by atoms with Gasteiger partial charge in [-0.05, 0) is 77.9 Å². The van der Waals surface area contributed by atoms with Gasteiger partial charge in [-0.3, -0.25) is 4.98 Å². The van der Waals surface area contributed by atoms with E-state index in [1.54, 1.807) is 0 Å². The average molecular weight is 651 g/mol. The van der Waals surface area contributed by atoms with E-state index in [0.29, 0.717) is 0 Å². The molecule has 11 rings (SSSR count). The number of para-hydroxylation sites is 3. The fraction of sp³-hybridized carbons (Fsp3) is 0. The molecule has 0 radical (unpaired) electrons. The van der Waals surface area contributed by atoms with E-state index in [0.717, 1.165) is 33.5 Å². The van der Waals surface area contributed by atoms with E-state index >= 15 is 0 Å². The highest BCUT2D eigenvalue weighted by Crippen LogP contribution is 2.43. The second kappa shape index (κ2) is 10.8. The number of pyridine rings is 1. The van der Waals surface area contributed by atoms with Gasteiger partial charge >= 0.3 is 0 Å². The van der Waals surface area contributed by atoms with Crippen molar-refractivity contribution in [2.45, 2.75) is 0 Å². The first-order valence-corrected chi connectivity index (χ1v) is 17.4. The quantitative estimate of drug-likeness (QED) is 0.186. The van der Waals surface area contributed by atoms with Gasteiger partial charge in [-0.2, -0.15) is 0 Å². The van der Waals surface area contributed by atoms with Crippen molar-refractivity contribution in [1.82, 2.24) is 18.7 Å². The first-order chi connectivity index (χ1) is 25.3. The average Bonchev–Trinajstić information content (AvgIpc) is 3.84. The van der Waals surface area contributed by atoms with Crippen molar-refractivity contribution in [3.05, 3.63) is 182 Å². The highest BCUT2D eigenvalue weighted by molar-refractivity contribution is 6.26. The van der Waals surface area contributed by atoms with Gasteiger partial charge < -0.3 is 13.7 Å². The van der Waals surface area contributed by atoms with E-state index in [4.69, 9.17) is 0 Å².